The van der Waals surface area contributed by atoms with Crippen LogP contribution in [0.4, 0.5) is 114 Å². The minimum absolute atomic E-state index is 0. The van der Waals surface area contributed by atoms with E-state index in [2.05, 4.69) is 42.6 Å². The van der Waals surface area contributed by atoms with Crippen LogP contribution in [0.1, 0.15) is 141 Å². The van der Waals surface area contributed by atoms with Crippen LogP contribution < -0.4 is 0 Å². The number of alkyl halides is 26. The van der Waals surface area contributed by atoms with Gasteiger partial charge in [-0.15, -0.1) is 8.78 Å². The van der Waals surface area contributed by atoms with E-state index in [-0.39, 0.29) is 176 Å². The second-order valence-corrected chi connectivity index (χ2v) is 8.89. The molecule has 502 valence electrons. The topological polar surface area (TPSA) is 103 Å². The molecule has 36 heteroatoms. The number of ether oxygens (including phenoxy) is 9. The van der Waals surface area contributed by atoms with Gasteiger partial charge in [0.05, 0.1) is 0 Å². The Morgan fingerprint density at radius 2 is 0.434 bits per heavy atom. The zero-order chi connectivity index (χ0) is 48.9. The van der Waals surface area contributed by atoms with Crippen LogP contribution in [0.3, 0.4) is 0 Å². The van der Waals surface area contributed by atoms with Gasteiger partial charge in [0.15, 0.2) is 0 Å². The molecule has 1 N–H and O–H groups in total. The first-order valence-electron chi connectivity index (χ1n) is 12.7. The van der Waals surface area contributed by atoms with Gasteiger partial charge in [-0.1, -0.05) is 134 Å². The van der Waals surface area contributed by atoms with Gasteiger partial charge in [0.25, 0.3) is 0 Å². The maximum atomic E-state index is 13.0. The van der Waals surface area contributed by atoms with Crippen LogP contribution in [0.25, 0.3) is 0 Å². The summed E-state index contributed by atoms with van der Waals surface area (Å²) >= 11 is 0. The molecule has 76 heavy (non-hydrogen) atoms. The van der Waals surface area contributed by atoms with Crippen molar-refractivity contribution in [2.24, 2.45) is 0 Å². The summed E-state index contributed by atoms with van der Waals surface area (Å²) in [6.45, 7) is 0.688. The maximum absolute atomic E-state index is 13.0. The minimum atomic E-state index is -6.48. The third-order valence-corrected chi connectivity index (χ3v) is 4.98. The first-order valence-corrected chi connectivity index (χ1v) is 12.7. The Balaban J connectivity index is -0.0000000213. The number of hydrogen-bond acceptors (Lipinski definition) is 10. The highest BCUT2D eigenvalue weighted by Gasteiger charge is 2.78. The average molecular weight is 1240 g/mol. The molecule has 0 bridgehead atoms. The van der Waals surface area contributed by atoms with Crippen LogP contribution in [0, 0.1) is 0 Å². The fourth-order valence-electron chi connectivity index (χ4n) is 1.70. The van der Waals surface area contributed by atoms with Gasteiger partial charge in [-0.3, -0.25) is 4.74 Å². The summed E-state index contributed by atoms with van der Waals surface area (Å²) in [5.74, 6) is -16.9. The van der Waals surface area contributed by atoms with Crippen molar-refractivity contribution in [3.63, 3.8) is 0 Å². The fraction of sp³-hybridized carbons (Fsp3) is 1.00. The van der Waals surface area contributed by atoms with E-state index < -0.39 is 79.0 Å². The van der Waals surface area contributed by atoms with Crippen LogP contribution in [0.2, 0.25) is 0 Å². The molecule has 2 atom stereocenters. The predicted octanol–water partition coefficient (Wildman–Crippen LogP) is 20.4. The van der Waals surface area contributed by atoms with E-state index in [1.54, 1.807) is 0 Å². The molecule has 0 spiro atoms. The molecule has 0 aliphatic heterocycles. The van der Waals surface area contributed by atoms with Gasteiger partial charge < -0.3 is 38.3 Å². The SMILES string of the molecule is C.C.C.C.C.C.C.C.C.C.C.C.C.C.C.C.C.C.COC(C)(F)F.COC(F)(F)C(F)(F)C(F)(F)OC.COC(F)(F)C(F)(OC)C(F)(F)F.COC(F)(F)C(O)(F)F.COC(F)(F)OC(F)(C(F)(F)F)C(F)(F)OC. The summed E-state index contributed by atoms with van der Waals surface area (Å²) in [5, 5.41) is 7.34. The van der Waals surface area contributed by atoms with Crippen molar-refractivity contribution in [1.82, 2.24) is 0 Å². The van der Waals surface area contributed by atoms with Crippen molar-refractivity contribution in [3.8, 4) is 0 Å². The zero-order valence-electron chi connectivity index (χ0n) is 29.4. The van der Waals surface area contributed by atoms with E-state index in [9.17, 15) is 114 Å². The van der Waals surface area contributed by atoms with Crippen LogP contribution in [0.15, 0.2) is 0 Å². The average Bonchev–Trinajstić information content (AvgIpc) is 3.06. The monoisotopic (exact) mass is 1230 g/mol. The molecule has 0 fully saturated rings. The first-order chi connectivity index (χ1) is 24.9. The molecule has 0 aromatic carbocycles. The lowest BCUT2D eigenvalue weighted by Gasteiger charge is -2.34. The van der Waals surface area contributed by atoms with Crippen LogP contribution >= 0.6 is 0 Å². The van der Waals surface area contributed by atoms with Crippen molar-refractivity contribution in [2.75, 3.05) is 56.9 Å². The van der Waals surface area contributed by atoms with Crippen LogP contribution in [-0.2, 0) is 42.6 Å². The van der Waals surface area contributed by atoms with Crippen LogP contribution in [-0.4, -0.2) is 141 Å². The summed E-state index contributed by atoms with van der Waals surface area (Å²) in [4.78, 5) is 0. The number of hydrogen-bond donors (Lipinski definition) is 1. The fourth-order valence-corrected chi connectivity index (χ4v) is 1.70. The van der Waals surface area contributed by atoms with Gasteiger partial charge in [0, 0.05) is 63.8 Å². The van der Waals surface area contributed by atoms with Gasteiger partial charge in [-0.05, 0) is 0 Å². The van der Waals surface area contributed by atoms with E-state index >= 15 is 0 Å². The van der Waals surface area contributed by atoms with E-state index in [0.717, 1.165) is 7.11 Å². The second-order valence-electron chi connectivity index (χ2n) is 8.89. The summed E-state index contributed by atoms with van der Waals surface area (Å²) in [7, 11) is 2.19. The van der Waals surface area contributed by atoms with Crippen molar-refractivity contribution >= 4 is 0 Å². The lowest BCUT2D eigenvalue weighted by molar-refractivity contribution is -0.533. The Morgan fingerprint density at radius 1 is 0.250 bits per heavy atom. The molecular weight excluding hydrogens is 1130 g/mol. The molecule has 0 aromatic heterocycles. The van der Waals surface area contributed by atoms with Gasteiger partial charge in [0.1, 0.15) is 0 Å². The van der Waals surface area contributed by atoms with E-state index in [1.807, 2.05) is 0 Å². The maximum Gasteiger partial charge on any atom is 0.488 e. The number of aliphatic hydroxyl groups is 1. The third kappa shape index (κ3) is 43.6. The quantitative estimate of drug-likeness (QED) is 0.126. The lowest BCUT2D eigenvalue weighted by atomic mass is 10.2. The Hall–Kier alpha value is -2.22. The number of rotatable bonds is 15. The molecule has 0 amide bonds. The highest BCUT2D eigenvalue weighted by Crippen LogP contribution is 2.50. The molecule has 0 aromatic rings. The molecular formula is C40H100F26O10. The van der Waals surface area contributed by atoms with Crippen molar-refractivity contribution in [3.05, 3.63) is 0 Å². The second kappa shape index (κ2) is 52.2. The van der Waals surface area contributed by atoms with Gasteiger partial charge in [-0.25, -0.2) is 4.74 Å². The highest BCUT2D eigenvalue weighted by atomic mass is 19.4. The Bertz CT molecular complexity index is 1140. The first kappa shape index (κ1) is 152. The zero-order valence-corrected chi connectivity index (χ0v) is 29.4. The number of halogens is 26. The van der Waals surface area contributed by atoms with E-state index in [1.165, 1.54) is 0 Å². The smallest absolute Gasteiger partial charge is 0.335 e. The number of methoxy groups -OCH3 is 8. The molecule has 0 saturated carbocycles. The minimum Gasteiger partial charge on any atom is -0.335 e. The molecule has 0 heterocycles. The van der Waals surface area contributed by atoms with E-state index in [0.29, 0.717) is 14.0 Å². The summed E-state index contributed by atoms with van der Waals surface area (Å²) in [5.41, 5.74) is 0. The van der Waals surface area contributed by atoms with Gasteiger partial charge in [0.2, 0.25) is 0 Å². The molecule has 0 rings (SSSR count). The van der Waals surface area contributed by atoms with Crippen molar-refractivity contribution in [1.29, 1.82) is 0 Å². The highest BCUT2D eigenvalue weighted by molar-refractivity contribution is 4.87. The molecule has 0 radical (unpaired) electrons. The largest absolute Gasteiger partial charge is 0.488 e. The summed E-state index contributed by atoms with van der Waals surface area (Å²) in [6.07, 6.45) is -51.8. The lowest BCUT2D eigenvalue weighted by Crippen LogP contribution is -2.60. The van der Waals surface area contributed by atoms with Crippen LogP contribution in [0.5, 0.6) is 0 Å². The van der Waals surface area contributed by atoms with Crippen molar-refractivity contribution < 1.29 is 162 Å². The van der Waals surface area contributed by atoms with Gasteiger partial charge in [-0.2, -0.15) is 105 Å². The van der Waals surface area contributed by atoms with Gasteiger partial charge >= 0.3 is 79.0 Å². The molecule has 0 saturated heterocycles. The summed E-state index contributed by atoms with van der Waals surface area (Å²) < 4.78 is 338. The molecule has 0 aliphatic carbocycles. The predicted molar refractivity (Wildman–Crippen MR) is 251 cm³/mol. The molecule has 10 nitrogen and oxygen atoms in total. The Morgan fingerprint density at radius 3 is 0.526 bits per heavy atom. The summed E-state index contributed by atoms with van der Waals surface area (Å²) in [6, 6.07) is 0. The van der Waals surface area contributed by atoms with E-state index in [4.69, 9.17) is 5.11 Å². The third-order valence-electron chi connectivity index (χ3n) is 4.98. The normalized spacial score (nSPS) is 12.3. The van der Waals surface area contributed by atoms with Crippen molar-refractivity contribution in [2.45, 2.75) is 220 Å². The molecule has 0 aliphatic rings. The Kier molecular flexibility index (Phi) is 104. The standard InChI is InChI=1S/C6H6F8O3.2C5H6F6O2.C3H4F4O2.C3H6F2O.18CH4/c1-15-5(11,12)3(7,4(8,9)10)17-6(13,14)16-2;1-12-3(6,4(7,8)9)5(10,11)13-2;1-12-4(8,9)3(6,7)5(10,11)13-2;1-9-3(6,7)2(4,5)8;1-3(4,5)6-2;;;;;;;;;;;;;;;;;;/h1-2H3;2*1-2H3;8H,1H3;1-2H3;18*1H4. The Labute approximate surface area is 438 Å². The molecule has 2 unspecified atom stereocenters.